The monoisotopic (exact) mass is 484 g/mol. The molecule has 2 N–H and O–H groups in total. The summed E-state index contributed by atoms with van der Waals surface area (Å²) in [6.07, 6.45) is 0.715. The van der Waals surface area contributed by atoms with E-state index in [0.717, 1.165) is 37.7 Å². The third-order valence-corrected chi connectivity index (χ3v) is 5.10. The third kappa shape index (κ3) is 10.1. The Morgan fingerprint density at radius 3 is 2.09 bits per heavy atom. The number of piperazine rings is 1. The zero-order valence-corrected chi connectivity index (χ0v) is 19.5. The standard InChI is InChI=1S/C21H25ClN2O3.CH4O3S/c22-19-8-6-18(7-9-19)21(17-4-2-1-3-5-17)24-12-10-23(11-13-24)14-15-27-16-20(25)26;1-5(2,3)4/h1-9,21H,10-16H2,(H,25,26);1H3,(H,2,3,4). The van der Waals surface area contributed by atoms with Crippen molar-refractivity contribution < 1.29 is 27.6 Å². The molecule has 1 atom stereocenters. The van der Waals surface area contributed by atoms with Gasteiger partial charge in [-0.3, -0.25) is 14.4 Å². The molecule has 3 rings (SSSR count). The minimum Gasteiger partial charge on any atom is -0.480 e. The number of hydrogen-bond donors (Lipinski definition) is 2. The number of halogens is 1. The summed E-state index contributed by atoms with van der Waals surface area (Å²) in [7, 11) is -3.67. The fraction of sp³-hybridized carbons (Fsp3) is 0.409. The van der Waals surface area contributed by atoms with E-state index in [1.54, 1.807) is 0 Å². The van der Waals surface area contributed by atoms with Crippen LogP contribution in [-0.4, -0.2) is 86.0 Å². The van der Waals surface area contributed by atoms with E-state index in [-0.39, 0.29) is 12.6 Å². The fourth-order valence-electron chi connectivity index (χ4n) is 3.49. The van der Waals surface area contributed by atoms with Crippen LogP contribution < -0.4 is 0 Å². The Morgan fingerprint density at radius 2 is 1.56 bits per heavy atom. The van der Waals surface area contributed by atoms with Gasteiger partial charge in [0.15, 0.2) is 0 Å². The van der Waals surface area contributed by atoms with Crippen LogP contribution in [-0.2, 0) is 19.6 Å². The van der Waals surface area contributed by atoms with E-state index in [0.29, 0.717) is 12.9 Å². The van der Waals surface area contributed by atoms with Gasteiger partial charge in [0, 0.05) is 37.7 Å². The van der Waals surface area contributed by atoms with Gasteiger partial charge < -0.3 is 9.84 Å². The molecule has 2 aromatic carbocycles. The smallest absolute Gasteiger partial charge is 0.329 e. The lowest BCUT2D eigenvalue weighted by molar-refractivity contribution is -0.142. The molecule has 0 saturated carbocycles. The number of carboxylic acids is 1. The fourth-order valence-corrected chi connectivity index (χ4v) is 3.62. The number of benzene rings is 2. The van der Waals surface area contributed by atoms with Crippen molar-refractivity contribution in [1.29, 1.82) is 0 Å². The molecule has 1 unspecified atom stereocenters. The van der Waals surface area contributed by atoms with E-state index in [2.05, 4.69) is 46.2 Å². The molecule has 0 spiro atoms. The van der Waals surface area contributed by atoms with Crippen molar-refractivity contribution in [3.8, 4) is 0 Å². The Kier molecular flexibility index (Phi) is 10.6. The number of nitrogens with zero attached hydrogens (tertiary/aromatic N) is 2. The van der Waals surface area contributed by atoms with Crippen molar-refractivity contribution in [3.63, 3.8) is 0 Å². The predicted octanol–water partition coefficient (Wildman–Crippen LogP) is 2.65. The van der Waals surface area contributed by atoms with E-state index in [4.69, 9.17) is 26.0 Å². The molecule has 1 fully saturated rings. The first-order valence-corrected chi connectivity index (χ1v) is 12.3. The van der Waals surface area contributed by atoms with Crippen LogP contribution in [0.15, 0.2) is 54.6 Å². The minimum atomic E-state index is -3.67. The molecule has 176 valence electrons. The highest BCUT2D eigenvalue weighted by Gasteiger charge is 2.26. The highest BCUT2D eigenvalue weighted by Crippen LogP contribution is 2.30. The summed E-state index contributed by atoms with van der Waals surface area (Å²) in [6.45, 7) is 4.75. The average molecular weight is 485 g/mol. The molecule has 0 bridgehead atoms. The summed E-state index contributed by atoms with van der Waals surface area (Å²) in [4.78, 5) is 15.3. The van der Waals surface area contributed by atoms with Crippen molar-refractivity contribution in [2.24, 2.45) is 0 Å². The summed E-state index contributed by atoms with van der Waals surface area (Å²) < 4.78 is 31.0. The molecule has 1 saturated heterocycles. The van der Waals surface area contributed by atoms with E-state index < -0.39 is 16.1 Å². The number of carboxylic acid groups (broad SMARTS) is 1. The Bertz CT molecular complexity index is 925. The topological polar surface area (TPSA) is 107 Å². The summed E-state index contributed by atoms with van der Waals surface area (Å²) >= 11 is 6.08. The Morgan fingerprint density at radius 1 is 1.03 bits per heavy atom. The highest BCUT2D eigenvalue weighted by molar-refractivity contribution is 7.85. The molecule has 0 aliphatic carbocycles. The summed E-state index contributed by atoms with van der Waals surface area (Å²) in [6, 6.07) is 18.8. The largest absolute Gasteiger partial charge is 0.480 e. The van der Waals surface area contributed by atoms with Gasteiger partial charge in [0.05, 0.1) is 18.9 Å². The van der Waals surface area contributed by atoms with Crippen LogP contribution in [0.5, 0.6) is 0 Å². The average Bonchev–Trinajstić information content (AvgIpc) is 2.73. The van der Waals surface area contributed by atoms with Crippen molar-refractivity contribution in [2.45, 2.75) is 6.04 Å². The second kappa shape index (κ2) is 12.9. The molecule has 8 nitrogen and oxygen atoms in total. The molecule has 32 heavy (non-hydrogen) atoms. The van der Waals surface area contributed by atoms with Gasteiger partial charge in [0.2, 0.25) is 0 Å². The van der Waals surface area contributed by atoms with Gasteiger partial charge >= 0.3 is 5.97 Å². The first kappa shape index (κ1) is 26.2. The lowest BCUT2D eigenvalue weighted by Crippen LogP contribution is -2.48. The molecule has 0 aromatic heterocycles. The molecular formula is C22H29ClN2O6S. The predicted molar refractivity (Wildman–Crippen MR) is 124 cm³/mol. The molecule has 0 radical (unpaired) electrons. The molecule has 10 heteroatoms. The van der Waals surface area contributed by atoms with Crippen LogP contribution in [0.2, 0.25) is 5.02 Å². The van der Waals surface area contributed by atoms with Crippen LogP contribution >= 0.6 is 11.6 Å². The van der Waals surface area contributed by atoms with Crippen molar-refractivity contribution in [3.05, 3.63) is 70.7 Å². The molecule has 0 amide bonds. The van der Waals surface area contributed by atoms with E-state index in [1.807, 2.05) is 18.2 Å². The normalized spacial score (nSPS) is 16.1. The van der Waals surface area contributed by atoms with Crippen LogP contribution in [0.1, 0.15) is 17.2 Å². The number of rotatable bonds is 8. The second-order valence-corrected chi connectivity index (χ2v) is 9.32. The summed E-state index contributed by atoms with van der Waals surface area (Å²) in [5.41, 5.74) is 2.52. The Balaban J connectivity index is 0.000000654. The van der Waals surface area contributed by atoms with Gasteiger partial charge in [-0.1, -0.05) is 54.1 Å². The SMILES string of the molecule is CS(=O)(=O)O.O=C(O)COCCN1CCN(C(c2ccccc2)c2ccc(Cl)cc2)CC1. The van der Waals surface area contributed by atoms with Crippen LogP contribution in [0.3, 0.4) is 0 Å². The van der Waals surface area contributed by atoms with Gasteiger partial charge in [0.25, 0.3) is 10.1 Å². The van der Waals surface area contributed by atoms with E-state index in [1.165, 1.54) is 11.1 Å². The maximum Gasteiger partial charge on any atom is 0.329 e. The Labute approximate surface area is 194 Å². The lowest BCUT2D eigenvalue weighted by atomic mass is 9.96. The zero-order valence-electron chi connectivity index (χ0n) is 17.9. The lowest BCUT2D eigenvalue weighted by Gasteiger charge is -2.39. The molecule has 2 aromatic rings. The maximum atomic E-state index is 10.5. The maximum absolute atomic E-state index is 10.5. The number of aliphatic carboxylic acids is 1. The quantitative estimate of drug-likeness (QED) is 0.435. The van der Waals surface area contributed by atoms with Gasteiger partial charge in [-0.15, -0.1) is 0 Å². The zero-order chi connectivity index (χ0) is 23.6. The van der Waals surface area contributed by atoms with Crippen LogP contribution in [0.25, 0.3) is 0 Å². The van der Waals surface area contributed by atoms with E-state index in [9.17, 15) is 13.2 Å². The number of ether oxygens (including phenoxy) is 1. The summed E-state index contributed by atoms with van der Waals surface area (Å²) in [5.74, 6) is -0.923. The van der Waals surface area contributed by atoms with E-state index >= 15 is 0 Å². The van der Waals surface area contributed by atoms with Gasteiger partial charge in [0.1, 0.15) is 6.61 Å². The van der Waals surface area contributed by atoms with Gasteiger partial charge in [-0.25, -0.2) is 4.79 Å². The third-order valence-electron chi connectivity index (χ3n) is 4.85. The van der Waals surface area contributed by atoms with Crippen LogP contribution in [0.4, 0.5) is 0 Å². The van der Waals surface area contributed by atoms with Crippen molar-refractivity contribution >= 4 is 27.7 Å². The number of hydrogen-bond acceptors (Lipinski definition) is 6. The minimum absolute atomic E-state index is 0.203. The molecular weight excluding hydrogens is 456 g/mol. The first-order valence-electron chi connectivity index (χ1n) is 10.1. The van der Waals surface area contributed by atoms with Gasteiger partial charge in [-0.05, 0) is 23.3 Å². The second-order valence-electron chi connectivity index (χ2n) is 7.42. The van der Waals surface area contributed by atoms with Crippen LogP contribution in [0, 0.1) is 0 Å². The van der Waals surface area contributed by atoms with Crippen molar-refractivity contribution in [1.82, 2.24) is 9.80 Å². The highest BCUT2D eigenvalue weighted by atomic mass is 35.5. The van der Waals surface area contributed by atoms with Crippen molar-refractivity contribution in [2.75, 3.05) is 52.2 Å². The number of carbonyl (C=O) groups is 1. The molecule has 1 aliphatic heterocycles. The Hall–Kier alpha value is -2.01. The summed E-state index contributed by atoms with van der Waals surface area (Å²) in [5, 5.41) is 9.37. The molecule has 1 heterocycles. The molecule has 1 aliphatic rings. The first-order chi connectivity index (χ1) is 15.1. The van der Waals surface area contributed by atoms with Gasteiger partial charge in [-0.2, -0.15) is 8.42 Å².